The third kappa shape index (κ3) is 9.84. The van der Waals surface area contributed by atoms with Crippen molar-refractivity contribution in [3.05, 3.63) is 64.9 Å². The number of benzene rings is 2. The van der Waals surface area contributed by atoms with Crippen LogP contribution in [-0.2, 0) is 22.4 Å². The molecule has 1 aliphatic carbocycles. The Labute approximate surface area is 270 Å². The lowest BCUT2D eigenvalue weighted by molar-refractivity contribution is -0.838. The second-order valence-electron chi connectivity index (χ2n) is 13.6. The highest BCUT2D eigenvalue weighted by molar-refractivity contribution is 7.22. The van der Waals surface area contributed by atoms with Gasteiger partial charge in [-0.2, -0.15) is 0 Å². The standard InChI is InChI=1S/C34H49N5O5S/c1-23(2)19-38(20-25-13-14-27-32(18-25)45-33(36-27)35-15-16-39(3,4)42)21-29(40)28(17-24-9-6-5-7-10-24)37-34(41)44-31-22-43-30-12-8-11-26(30)31/h5-7,9-10,13-14,18,23,26,28-31,40H,8,11-12,15-17,19-22H2,1-4H3,(H,35,36)(H,37,41). The fraction of sp³-hybridized carbons (Fsp3) is 0.588. The number of ether oxygens (including phenoxy) is 2. The number of nitrogens with one attached hydrogen (secondary N) is 2. The van der Waals surface area contributed by atoms with Crippen LogP contribution in [0.4, 0.5) is 9.93 Å². The molecule has 11 heteroatoms. The summed E-state index contributed by atoms with van der Waals surface area (Å²) in [5.74, 6) is 0.651. The Hall–Kier alpha value is -2.80. The van der Waals surface area contributed by atoms with Gasteiger partial charge < -0.3 is 35.1 Å². The lowest BCUT2D eigenvalue weighted by atomic mass is 10.00. The van der Waals surface area contributed by atoms with Crippen LogP contribution in [0, 0.1) is 17.0 Å². The quantitative estimate of drug-likeness (QED) is 0.157. The lowest BCUT2D eigenvalue weighted by Crippen LogP contribution is -2.50. The van der Waals surface area contributed by atoms with Gasteiger partial charge in [-0.3, -0.25) is 4.90 Å². The van der Waals surface area contributed by atoms with Crippen molar-refractivity contribution in [3.8, 4) is 0 Å². The van der Waals surface area contributed by atoms with E-state index in [1.807, 2.05) is 36.4 Å². The van der Waals surface area contributed by atoms with Gasteiger partial charge in [-0.25, -0.2) is 9.78 Å². The van der Waals surface area contributed by atoms with Crippen LogP contribution in [0.5, 0.6) is 0 Å². The second-order valence-corrected chi connectivity index (χ2v) is 14.6. The van der Waals surface area contributed by atoms with E-state index in [0.717, 1.165) is 52.3 Å². The summed E-state index contributed by atoms with van der Waals surface area (Å²) in [5.41, 5.74) is 3.08. The summed E-state index contributed by atoms with van der Waals surface area (Å²) in [6.45, 7) is 7.63. The number of hydrogen-bond donors (Lipinski definition) is 3. The van der Waals surface area contributed by atoms with Crippen molar-refractivity contribution in [3.63, 3.8) is 0 Å². The summed E-state index contributed by atoms with van der Waals surface area (Å²) >= 11 is 1.58. The molecular formula is C34H49N5O5S. The van der Waals surface area contributed by atoms with Gasteiger partial charge >= 0.3 is 6.09 Å². The average molecular weight is 640 g/mol. The van der Waals surface area contributed by atoms with E-state index in [4.69, 9.17) is 9.47 Å². The summed E-state index contributed by atoms with van der Waals surface area (Å²) in [7, 11) is 3.27. The number of hydrogen-bond acceptors (Lipinski definition) is 9. The molecule has 3 aromatic rings. The van der Waals surface area contributed by atoms with Crippen LogP contribution in [-0.4, -0.2) is 97.0 Å². The molecule has 246 valence electrons. The second kappa shape index (κ2) is 15.2. The van der Waals surface area contributed by atoms with Crippen LogP contribution in [0.25, 0.3) is 10.2 Å². The Morgan fingerprint density at radius 1 is 1.18 bits per heavy atom. The fourth-order valence-corrected chi connectivity index (χ4v) is 7.42. The molecule has 3 N–H and O–H groups in total. The molecule has 5 unspecified atom stereocenters. The van der Waals surface area contributed by atoms with E-state index in [1.165, 1.54) is 0 Å². The highest BCUT2D eigenvalue weighted by Gasteiger charge is 2.42. The minimum Gasteiger partial charge on any atom is -0.633 e. The molecule has 10 nitrogen and oxygen atoms in total. The van der Waals surface area contributed by atoms with Crippen molar-refractivity contribution >= 4 is 32.8 Å². The molecular weight excluding hydrogens is 590 g/mol. The van der Waals surface area contributed by atoms with Crippen LogP contribution in [0.1, 0.15) is 44.2 Å². The number of amides is 1. The van der Waals surface area contributed by atoms with Gasteiger partial charge in [0.2, 0.25) is 0 Å². The summed E-state index contributed by atoms with van der Waals surface area (Å²) in [6.07, 6.45) is 2.29. The van der Waals surface area contributed by atoms with Gasteiger partial charge in [0.1, 0.15) is 6.10 Å². The molecule has 0 bridgehead atoms. The van der Waals surface area contributed by atoms with Crippen LogP contribution >= 0.6 is 11.3 Å². The van der Waals surface area contributed by atoms with E-state index in [-0.39, 0.29) is 22.8 Å². The highest BCUT2D eigenvalue weighted by atomic mass is 32.1. The van der Waals surface area contributed by atoms with Gasteiger partial charge in [0.15, 0.2) is 5.13 Å². The van der Waals surface area contributed by atoms with Gasteiger partial charge in [-0.05, 0) is 48.4 Å². The number of anilines is 1. The smallest absolute Gasteiger partial charge is 0.407 e. The van der Waals surface area contributed by atoms with Crippen molar-refractivity contribution in [1.82, 2.24) is 15.2 Å². The maximum absolute atomic E-state index is 13.1. The van der Waals surface area contributed by atoms with Crippen LogP contribution in [0.15, 0.2) is 48.5 Å². The van der Waals surface area contributed by atoms with Crippen molar-refractivity contribution in [2.75, 3.05) is 52.2 Å². The molecule has 0 radical (unpaired) electrons. The number of likely N-dealkylation sites (N-methyl/N-ethyl adjacent to an activating group) is 1. The minimum atomic E-state index is -0.817. The number of thiazole rings is 1. The first kappa shape index (κ1) is 33.6. The number of alkyl carbamates (subject to hydrolysis) is 1. The molecule has 2 aliphatic rings. The average Bonchev–Trinajstić information content (AvgIpc) is 3.69. The predicted octanol–water partition coefficient (Wildman–Crippen LogP) is 5.01. The lowest BCUT2D eigenvalue weighted by Gasteiger charge is -2.33. The van der Waals surface area contributed by atoms with Gasteiger partial charge in [-0.15, -0.1) is 0 Å². The zero-order chi connectivity index (χ0) is 32.0. The third-order valence-electron chi connectivity index (χ3n) is 8.63. The van der Waals surface area contributed by atoms with E-state index in [2.05, 4.69) is 46.5 Å². The zero-order valence-corrected chi connectivity index (χ0v) is 27.8. The third-order valence-corrected chi connectivity index (χ3v) is 9.61. The van der Waals surface area contributed by atoms with E-state index >= 15 is 0 Å². The number of aromatic nitrogens is 1. The molecule has 45 heavy (non-hydrogen) atoms. The van der Waals surface area contributed by atoms with Gasteiger partial charge in [-0.1, -0.05) is 68.0 Å². The molecule has 0 spiro atoms. The van der Waals surface area contributed by atoms with Crippen molar-refractivity contribution in [1.29, 1.82) is 0 Å². The number of fused-ring (bicyclic) bond motifs is 2. The Morgan fingerprint density at radius 3 is 2.73 bits per heavy atom. The predicted molar refractivity (Wildman–Crippen MR) is 179 cm³/mol. The number of hydroxylamine groups is 3. The first-order valence-electron chi connectivity index (χ1n) is 16.2. The zero-order valence-electron chi connectivity index (χ0n) is 27.0. The first-order valence-corrected chi connectivity index (χ1v) is 17.0. The summed E-state index contributed by atoms with van der Waals surface area (Å²) < 4.78 is 12.5. The van der Waals surface area contributed by atoms with E-state index in [1.54, 1.807) is 25.4 Å². The summed E-state index contributed by atoms with van der Waals surface area (Å²) in [5, 5.41) is 30.6. The molecule has 1 saturated heterocycles. The largest absolute Gasteiger partial charge is 0.633 e. The van der Waals surface area contributed by atoms with Gasteiger partial charge in [0.25, 0.3) is 0 Å². The van der Waals surface area contributed by atoms with Crippen LogP contribution in [0.3, 0.4) is 0 Å². The molecule has 2 fully saturated rings. The molecule has 5 rings (SSSR count). The summed E-state index contributed by atoms with van der Waals surface area (Å²) in [6, 6.07) is 15.7. The fourth-order valence-electron chi connectivity index (χ4n) is 6.47. The minimum absolute atomic E-state index is 0.195. The highest BCUT2D eigenvalue weighted by Crippen LogP contribution is 2.37. The van der Waals surface area contributed by atoms with Gasteiger partial charge in [0, 0.05) is 25.6 Å². The molecule has 2 heterocycles. The van der Waals surface area contributed by atoms with E-state index in [0.29, 0.717) is 45.1 Å². The Morgan fingerprint density at radius 2 is 1.98 bits per heavy atom. The summed E-state index contributed by atoms with van der Waals surface area (Å²) in [4.78, 5) is 20.1. The molecule has 1 saturated carbocycles. The normalized spacial score (nSPS) is 21.3. The molecule has 2 aromatic carbocycles. The van der Waals surface area contributed by atoms with Crippen LogP contribution < -0.4 is 10.6 Å². The molecule has 1 aliphatic heterocycles. The molecule has 5 atom stereocenters. The SMILES string of the molecule is CC(C)CN(Cc1ccc2nc(NCC[N+](C)(C)[O-])sc2c1)CC(O)C(Cc1ccccc1)NC(=O)OC1COC2CCCC21. The maximum Gasteiger partial charge on any atom is 0.407 e. The van der Waals surface area contributed by atoms with Crippen molar-refractivity contribution in [2.45, 2.75) is 70.4 Å². The van der Waals surface area contributed by atoms with E-state index in [9.17, 15) is 15.1 Å². The van der Waals surface area contributed by atoms with Crippen molar-refractivity contribution < 1.29 is 24.0 Å². The topological polar surface area (TPSA) is 119 Å². The first-order chi connectivity index (χ1) is 21.5. The number of nitrogens with zero attached hydrogens (tertiary/aromatic N) is 3. The number of quaternary nitrogens is 1. The van der Waals surface area contributed by atoms with Crippen LogP contribution in [0.2, 0.25) is 0 Å². The number of carbonyl (C=O) groups is 1. The molecule has 1 amide bonds. The molecule has 1 aromatic heterocycles. The Balaban J connectivity index is 1.25. The Bertz CT molecular complexity index is 1380. The van der Waals surface area contributed by atoms with Gasteiger partial charge in [0.05, 0.1) is 62.3 Å². The van der Waals surface area contributed by atoms with Crippen molar-refractivity contribution in [2.24, 2.45) is 11.8 Å². The number of aliphatic hydroxyl groups excluding tert-OH is 1. The monoisotopic (exact) mass is 639 g/mol. The number of aliphatic hydroxyl groups is 1. The maximum atomic E-state index is 13.1. The number of rotatable bonds is 15. The number of carbonyl (C=O) groups excluding carboxylic acids is 1. The Kier molecular flexibility index (Phi) is 11.3. The van der Waals surface area contributed by atoms with E-state index < -0.39 is 18.2 Å².